The van der Waals surface area contributed by atoms with Gasteiger partial charge in [0.15, 0.2) is 5.78 Å². The van der Waals surface area contributed by atoms with Gasteiger partial charge in [-0.25, -0.2) is 4.98 Å². The number of carbonyl (C=O) groups excluding carboxylic acids is 2. The van der Waals surface area contributed by atoms with Gasteiger partial charge in [-0.2, -0.15) is 0 Å². The van der Waals surface area contributed by atoms with Crippen LogP contribution in [0.5, 0.6) is 0 Å². The Balaban J connectivity index is 2.38. The maximum Gasteiger partial charge on any atom is 0.236 e. The molecule has 1 aromatic rings. The third-order valence-electron chi connectivity index (χ3n) is 2.26. The van der Waals surface area contributed by atoms with Gasteiger partial charge in [0.2, 0.25) is 5.91 Å². The summed E-state index contributed by atoms with van der Waals surface area (Å²) in [4.78, 5) is 28.2. The van der Waals surface area contributed by atoms with Crippen LogP contribution in [0.1, 0.15) is 12.0 Å². The molecule has 0 N–H and O–H groups in total. The molecule has 1 saturated heterocycles. The number of hydrogen-bond donors (Lipinski definition) is 0. The first-order valence-corrected chi connectivity index (χ1v) is 5.31. The largest absolute Gasteiger partial charge is 0.297 e. The van der Waals surface area contributed by atoms with E-state index in [1.807, 2.05) is 13.0 Å². The van der Waals surface area contributed by atoms with E-state index in [9.17, 15) is 9.59 Å². The number of aryl methyl sites for hydroxylation is 1. The van der Waals surface area contributed by atoms with Crippen LogP contribution in [0.4, 0.5) is 5.82 Å². The summed E-state index contributed by atoms with van der Waals surface area (Å²) in [6.45, 7) is 2.01. The van der Waals surface area contributed by atoms with Crippen LogP contribution in [0.25, 0.3) is 0 Å². The first-order chi connectivity index (χ1) is 7.08. The van der Waals surface area contributed by atoms with Crippen molar-refractivity contribution in [3.63, 3.8) is 0 Å². The molecule has 1 amide bonds. The lowest BCUT2D eigenvalue weighted by molar-refractivity contribution is -0.121. The average molecular weight is 269 g/mol. The molecule has 0 atom stereocenters. The highest BCUT2D eigenvalue weighted by Gasteiger charge is 2.30. The fourth-order valence-electron chi connectivity index (χ4n) is 1.59. The van der Waals surface area contributed by atoms with Gasteiger partial charge in [0.1, 0.15) is 5.82 Å². The van der Waals surface area contributed by atoms with E-state index in [-0.39, 0.29) is 24.7 Å². The van der Waals surface area contributed by atoms with Crippen molar-refractivity contribution < 1.29 is 9.59 Å². The number of anilines is 1. The number of hydrogen-bond acceptors (Lipinski definition) is 3. The molecular formula is C10H9BrN2O2. The van der Waals surface area contributed by atoms with Gasteiger partial charge < -0.3 is 0 Å². The molecule has 0 bridgehead atoms. The van der Waals surface area contributed by atoms with Gasteiger partial charge in [-0.15, -0.1) is 0 Å². The van der Waals surface area contributed by atoms with E-state index in [1.54, 1.807) is 6.20 Å². The topological polar surface area (TPSA) is 50.3 Å². The monoisotopic (exact) mass is 268 g/mol. The SMILES string of the molecule is Cc1cc(Br)cnc1N1CC(=O)CC1=O. The fourth-order valence-corrected chi connectivity index (χ4v) is 2.04. The number of amides is 1. The minimum absolute atomic E-state index is 0.00279. The van der Waals surface area contributed by atoms with Crippen molar-refractivity contribution in [3.8, 4) is 0 Å². The summed E-state index contributed by atoms with van der Waals surface area (Å²) in [5.74, 6) is 0.357. The van der Waals surface area contributed by atoms with Gasteiger partial charge in [0.25, 0.3) is 0 Å². The molecule has 0 unspecified atom stereocenters. The Labute approximate surface area is 95.4 Å². The summed E-state index contributed by atoms with van der Waals surface area (Å²) >= 11 is 3.30. The maximum absolute atomic E-state index is 11.5. The van der Waals surface area contributed by atoms with E-state index in [0.717, 1.165) is 10.0 Å². The second kappa shape index (κ2) is 3.73. The highest BCUT2D eigenvalue weighted by molar-refractivity contribution is 9.10. The molecular weight excluding hydrogens is 260 g/mol. The van der Waals surface area contributed by atoms with Crippen LogP contribution in [0.2, 0.25) is 0 Å². The van der Waals surface area contributed by atoms with Crippen molar-refractivity contribution in [2.24, 2.45) is 0 Å². The minimum atomic E-state index is -0.169. The number of carbonyl (C=O) groups is 2. The lowest BCUT2D eigenvalue weighted by atomic mass is 10.3. The molecule has 1 aromatic heterocycles. The number of pyridine rings is 1. The lowest BCUT2D eigenvalue weighted by Crippen LogP contribution is -2.26. The molecule has 1 fully saturated rings. The van der Waals surface area contributed by atoms with Crippen molar-refractivity contribution in [2.75, 3.05) is 11.4 Å². The summed E-state index contributed by atoms with van der Waals surface area (Å²) in [6, 6.07) is 1.87. The zero-order chi connectivity index (χ0) is 11.0. The van der Waals surface area contributed by atoms with Crippen LogP contribution in [0, 0.1) is 6.92 Å². The molecule has 0 aromatic carbocycles. The summed E-state index contributed by atoms with van der Waals surface area (Å²) in [7, 11) is 0. The molecule has 2 rings (SSSR count). The number of ketones is 1. The van der Waals surface area contributed by atoms with Gasteiger partial charge in [-0.1, -0.05) is 0 Å². The summed E-state index contributed by atoms with van der Waals surface area (Å²) in [5.41, 5.74) is 0.882. The summed E-state index contributed by atoms with van der Waals surface area (Å²) in [5, 5.41) is 0. The second-order valence-corrected chi connectivity index (χ2v) is 4.41. The average Bonchev–Trinajstić information content (AvgIpc) is 2.45. The van der Waals surface area contributed by atoms with E-state index in [2.05, 4.69) is 20.9 Å². The molecule has 0 radical (unpaired) electrons. The second-order valence-electron chi connectivity index (χ2n) is 3.49. The normalized spacial score (nSPS) is 16.3. The van der Waals surface area contributed by atoms with Crippen molar-refractivity contribution in [1.29, 1.82) is 0 Å². The van der Waals surface area contributed by atoms with E-state index in [0.29, 0.717) is 5.82 Å². The van der Waals surface area contributed by atoms with Crippen LogP contribution >= 0.6 is 15.9 Å². The number of rotatable bonds is 1. The molecule has 0 spiro atoms. The molecule has 5 heteroatoms. The third-order valence-corrected chi connectivity index (χ3v) is 2.69. The van der Waals surface area contributed by atoms with Crippen LogP contribution in [0.15, 0.2) is 16.7 Å². The van der Waals surface area contributed by atoms with E-state index in [1.165, 1.54) is 4.90 Å². The summed E-state index contributed by atoms with van der Waals surface area (Å²) < 4.78 is 0.863. The molecule has 1 aliphatic rings. The minimum Gasteiger partial charge on any atom is -0.297 e. The van der Waals surface area contributed by atoms with Crippen molar-refractivity contribution in [3.05, 3.63) is 22.3 Å². The predicted octanol–water partition coefficient (Wildman–Crippen LogP) is 1.46. The van der Waals surface area contributed by atoms with Crippen molar-refractivity contribution in [2.45, 2.75) is 13.3 Å². The zero-order valence-corrected chi connectivity index (χ0v) is 9.74. The van der Waals surface area contributed by atoms with E-state index < -0.39 is 0 Å². The Morgan fingerprint density at radius 1 is 1.47 bits per heavy atom. The number of halogens is 1. The van der Waals surface area contributed by atoms with Gasteiger partial charge in [-0.05, 0) is 34.5 Å². The lowest BCUT2D eigenvalue weighted by Gasteiger charge is -2.15. The van der Waals surface area contributed by atoms with Crippen molar-refractivity contribution in [1.82, 2.24) is 4.98 Å². The molecule has 0 aliphatic carbocycles. The molecule has 2 heterocycles. The van der Waals surface area contributed by atoms with Crippen LogP contribution in [-0.4, -0.2) is 23.2 Å². The molecule has 4 nitrogen and oxygen atoms in total. The smallest absolute Gasteiger partial charge is 0.236 e. The third kappa shape index (κ3) is 1.92. The standard InChI is InChI=1S/C10H9BrN2O2/c1-6-2-7(11)4-12-10(6)13-5-8(14)3-9(13)15/h2,4H,3,5H2,1H3. The van der Waals surface area contributed by atoms with Gasteiger partial charge >= 0.3 is 0 Å². The Bertz CT molecular complexity index is 445. The van der Waals surface area contributed by atoms with Gasteiger partial charge in [0, 0.05) is 10.7 Å². The van der Waals surface area contributed by atoms with Crippen molar-refractivity contribution >= 4 is 33.4 Å². The summed E-state index contributed by atoms with van der Waals surface area (Å²) in [6.07, 6.45) is 1.62. The Morgan fingerprint density at radius 2 is 2.20 bits per heavy atom. The fraction of sp³-hybridized carbons (Fsp3) is 0.300. The molecule has 78 valence electrons. The first kappa shape index (κ1) is 10.3. The number of Topliss-reactive ketones (excluding diaryl/α,β-unsaturated/α-hetero) is 1. The van der Waals surface area contributed by atoms with E-state index in [4.69, 9.17) is 0 Å². The highest BCUT2D eigenvalue weighted by atomic mass is 79.9. The van der Waals surface area contributed by atoms with Gasteiger partial charge in [0.05, 0.1) is 13.0 Å². The van der Waals surface area contributed by atoms with Gasteiger partial charge in [-0.3, -0.25) is 14.5 Å². The van der Waals surface area contributed by atoms with E-state index >= 15 is 0 Å². The Kier molecular flexibility index (Phi) is 2.56. The highest BCUT2D eigenvalue weighted by Crippen LogP contribution is 2.23. The molecule has 15 heavy (non-hydrogen) atoms. The number of nitrogens with zero attached hydrogens (tertiary/aromatic N) is 2. The molecule has 1 aliphatic heterocycles. The maximum atomic E-state index is 11.5. The molecule has 0 saturated carbocycles. The Morgan fingerprint density at radius 3 is 2.73 bits per heavy atom. The Hall–Kier alpha value is -1.23. The van der Waals surface area contributed by atoms with Crippen LogP contribution in [0.3, 0.4) is 0 Å². The number of aromatic nitrogens is 1. The first-order valence-electron chi connectivity index (χ1n) is 4.52. The predicted molar refractivity (Wildman–Crippen MR) is 58.7 cm³/mol. The van der Waals surface area contributed by atoms with Crippen LogP contribution < -0.4 is 4.90 Å². The zero-order valence-electron chi connectivity index (χ0n) is 8.16. The quantitative estimate of drug-likeness (QED) is 0.725. The van der Waals surface area contributed by atoms with Crippen LogP contribution in [-0.2, 0) is 9.59 Å².